The van der Waals surface area contributed by atoms with E-state index in [4.69, 9.17) is 0 Å². The van der Waals surface area contributed by atoms with Crippen molar-refractivity contribution < 1.29 is 8.78 Å². The second-order valence-corrected chi connectivity index (χ2v) is 2.99. The van der Waals surface area contributed by atoms with Gasteiger partial charge in [-0.2, -0.15) is 5.10 Å². The van der Waals surface area contributed by atoms with Gasteiger partial charge >= 0.3 is 0 Å². The summed E-state index contributed by atoms with van der Waals surface area (Å²) in [7, 11) is 0. The molecule has 5 nitrogen and oxygen atoms in total. The number of H-pyrrole nitrogens is 1. The molecule has 0 amide bonds. The van der Waals surface area contributed by atoms with Crippen LogP contribution in [0.5, 0.6) is 0 Å². The summed E-state index contributed by atoms with van der Waals surface area (Å²) in [4.78, 5) is 0. The van der Waals surface area contributed by atoms with Gasteiger partial charge in [0.05, 0.1) is 12.2 Å². The molecule has 0 aliphatic heterocycles. The third kappa shape index (κ3) is 1.72. The second kappa shape index (κ2) is 3.76. The van der Waals surface area contributed by atoms with Crippen LogP contribution in [0.4, 0.5) is 8.78 Å². The highest BCUT2D eigenvalue weighted by atomic mass is 19.3. The quantitative estimate of drug-likeness (QED) is 0.835. The van der Waals surface area contributed by atoms with Gasteiger partial charge in [-0.25, -0.2) is 8.78 Å². The Morgan fingerprint density at radius 1 is 1.53 bits per heavy atom. The monoisotopic (exact) mass is 212 g/mol. The van der Waals surface area contributed by atoms with E-state index in [0.717, 1.165) is 0 Å². The molecule has 0 saturated heterocycles. The molecule has 0 aliphatic carbocycles. The number of hydrogen-bond donors (Lipinski definition) is 1. The van der Waals surface area contributed by atoms with Gasteiger partial charge in [-0.1, -0.05) is 5.21 Å². The summed E-state index contributed by atoms with van der Waals surface area (Å²) in [6.45, 7) is 1.71. The summed E-state index contributed by atoms with van der Waals surface area (Å²) in [6.07, 6.45) is 0.168. The van der Waals surface area contributed by atoms with E-state index in [0.29, 0.717) is 5.69 Å². The Morgan fingerprint density at radius 3 is 2.93 bits per heavy atom. The van der Waals surface area contributed by atoms with Crippen molar-refractivity contribution in [3.05, 3.63) is 29.8 Å². The Morgan fingerprint density at radius 2 is 2.33 bits per heavy atom. The second-order valence-electron chi connectivity index (χ2n) is 2.99. The van der Waals surface area contributed by atoms with Crippen molar-refractivity contribution >= 4 is 0 Å². The number of aromatic amines is 1. The molecule has 0 bridgehead atoms. The van der Waals surface area contributed by atoms with Crippen LogP contribution < -0.4 is 0 Å². The van der Waals surface area contributed by atoms with Gasteiger partial charge in [0.15, 0.2) is 0 Å². The van der Waals surface area contributed by atoms with Crippen molar-refractivity contribution in [3.63, 3.8) is 0 Å². The lowest BCUT2D eigenvalue weighted by molar-refractivity contribution is 0.137. The highest BCUT2D eigenvalue weighted by Crippen LogP contribution is 2.23. The first kappa shape index (κ1) is 9.75. The summed E-state index contributed by atoms with van der Waals surface area (Å²) < 4.78 is 26.2. The molecule has 7 heteroatoms. The SMILES string of the molecule is CC(c1c[nH]nn1)n1nc[c]c1C(F)F. The fourth-order valence-electron chi connectivity index (χ4n) is 1.30. The van der Waals surface area contributed by atoms with Crippen LogP contribution in [-0.2, 0) is 0 Å². The molecule has 15 heavy (non-hydrogen) atoms. The number of halogens is 2. The number of nitrogens with one attached hydrogen (secondary N) is 1. The van der Waals surface area contributed by atoms with Gasteiger partial charge in [0, 0.05) is 12.3 Å². The molecule has 0 fully saturated rings. The fraction of sp³-hybridized carbons (Fsp3) is 0.375. The molecule has 1 unspecified atom stereocenters. The Labute approximate surface area is 84.1 Å². The maximum Gasteiger partial charge on any atom is 0.280 e. The first-order valence-corrected chi connectivity index (χ1v) is 4.29. The van der Waals surface area contributed by atoms with Gasteiger partial charge in [-0.3, -0.25) is 9.78 Å². The van der Waals surface area contributed by atoms with Crippen molar-refractivity contribution in [2.75, 3.05) is 0 Å². The minimum absolute atomic E-state index is 0.245. The lowest BCUT2D eigenvalue weighted by Crippen LogP contribution is -2.12. The molecular formula is C8H8F2N5. The van der Waals surface area contributed by atoms with Crippen molar-refractivity contribution in [2.45, 2.75) is 19.4 Å². The summed E-state index contributed by atoms with van der Waals surface area (Å²) in [5, 5.41) is 13.6. The lowest BCUT2D eigenvalue weighted by Gasteiger charge is -2.12. The van der Waals surface area contributed by atoms with Crippen LogP contribution in [0.3, 0.4) is 0 Å². The first-order chi connectivity index (χ1) is 7.20. The van der Waals surface area contributed by atoms with Crippen LogP contribution >= 0.6 is 0 Å². The molecule has 1 N–H and O–H groups in total. The Hall–Kier alpha value is -1.79. The normalized spacial score (nSPS) is 13.3. The van der Waals surface area contributed by atoms with Crippen molar-refractivity contribution in [2.24, 2.45) is 0 Å². The average molecular weight is 212 g/mol. The van der Waals surface area contributed by atoms with Crippen molar-refractivity contribution in [1.82, 2.24) is 25.2 Å². The van der Waals surface area contributed by atoms with Gasteiger partial charge < -0.3 is 0 Å². The molecule has 0 aromatic carbocycles. The standard InChI is InChI=1S/C8H8F2N5/c1-5(6-4-11-14-13-6)15-7(8(9)10)2-3-12-15/h3-5,8H,1H3,(H,11,13,14). The molecule has 1 atom stereocenters. The predicted molar refractivity (Wildman–Crippen MR) is 46.2 cm³/mol. The van der Waals surface area contributed by atoms with E-state index in [2.05, 4.69) is 26.6 Å². The first-order valence-electron chi connectivity index (χ1n) is 4.29. The molecule has 2 aromatic heterocycles. The highest BCUT2D eigenvalue weighted by molar-refractivity contribution is 5.07. The maximum absolute atomic E-state index is 12.5. The van der Waals surface area contributed by atoms with E-state index in [1.807, 2.05) is 0 Å². The molecule has 0 saturated carbocycles. The highest BCUT2D eigenvalue weighted by Gasteiger charge is 2.20. The molecule has 2 aromatic rings. The summed E-state index contributed by atoms with van der Waals surface area (Å²) in [6, 6.07) is 2.00. The van der Waals surface area contributed by atoms with Gasteiger partial charge in [0.2, 0.25) is 0 Å². The number of rotatable bonds is 3. The number of aromatic nitrogens is 5. The molecular weight excluding hydrogens is 204 g/mol. The Balaban J connectivity index is 2.33. The third-order valence-electron chi connectivity index (χ3n) is 2.08. The zero-order valence-corrected chi connectivity index (χ0v) is 7.85. The smallest absolute Gasteiger partial charge is 0.265 e. The minimum Gasteiger partial charge on any atom is -0.265 e. The topological polar surface area (TPSA) is 59.4 Å². The van der Waals surface area contributed by atoms with E-state index < -0.39 is 6.43 Å². The van der Waals surface area contributed by atoms with Crippen LogP contribution in [-0.4, -0.2) is 25.2 Å². The van der Waals surface area contributed by atoms with E-state index in [-0.39, 0.29) is 11.7 Å². The molecule has 1 radical (unpaired) electrons. The van der Waals surface area contributed by atoms with Crippen molar-refractivity contribution in [1.29, 1.82) is 0 Å². The van der Waals surface area contributed by atoms with Crippen LogP contribution in [0.2, 0.25) is 0 Å². The van der Waals surface area contributed by atoms with E-state index >= 15 is 0 Å². The fourth-order valence-corrected chi connectivity index (χ4v) is 1.30. The third-order valence-corrected chi connectivity index (χ3v) is 2.08. The van der Waals surface area contributed by atoms with E-state index in [1.54, 1.807) is 13.1 Å². The maximum atomic E-state index is 12.5. The molecule has 0 spiro atoms. The molecule has 0 aliphatic rings. The number of nitrogens with zero attached hydrogens (tertiary/aromatic N) is 4. The average Bonchev–Trinajstić information content (AvgIpc) is 2.88. The van der Waals surface area contributed by atoms with Crippen molar-refractivity contribution in [3.8, 4) is 0 Å². The lowest BCUT2D eigenvalue weighted by atomic mass is 10.2. The Kier molecular flexibility index (Phi) is 2.44. The van der Waals surface area contributed by atoms with Crippen LogP contribution in [0.1, 0.15) is 30.8 Å². The van der Waals surface area contributed by atoms with E-state index in [1.165, 1.54) is 10.9 Å². The summed E-state index contributed by atoms with van der Waals surface area (Å²) >= 11 is 0. The molecule has 2 heterocycles. The molecule has 79 valence electrons. The van der Waals surface area contributed by atoms with Gasteiger partial charge in [0.1, 0.15) is 11.4 Å². The van der Waals surface area contributed by atoms with Crippen LogP contribution in [0, 0.1) is 6.07 Å². The zero-order chi connectivity index (χ0) is 10.8. The zero-order valence-electron chi connectivity index (χ0n) is 7.85. The largest absolute Gasteiger partial charge is 0.280 e. The number of alkyl halides is 2. The minimum atomic E-state index is -2.60. The number of hydrogen-bond acceptors (Lipinski definition) is 3. The Bertz CT molecular complexity index is 422. The van der Waals surface area contributed by atoms with E-state index in [9.17, 15) is 8.78 Å². The van der Waals surface area contributed by atoms with Gasteiger partial charge in [-0.05, 0) is 6.92 Å². The van der Waals surface area contributed by atoms with Gasteiger partial charge in [0.25, 0.3) is 6.43 Å². The van der Waals surface area contributed by atoms with Gasteiger partial charge in [-0.15, -0.1) is 5.10 Å². The summed E-state index contributed by atoms with van der Waals surface area (Å²) in [5.74, 6) is 0. The van der Waals surface area contributed by atoms with Crippen LogP contribution in [0.15, 0.2) is 12.4 Å². The molecule has 2 rings (SSSR count). The predicted octanol–water partition coefficient (Wildman–Crippen LogP) is 1.35. The van der Waals surface area contributed by atoms with Crippen LogP contribution in [0.25, 0.3) is 0 Å². The summed E-state index contributed by atoms with van der Waals surface area (Å²) in [5.41, 5.74) is 0.305.